The molecule has 6 nitrogen and oxygen atoms in total. The molecule has 1 aliphatic heterocycles. The van der Waals surface area contributed by atoms with Gasteiger partial charge in [0.1, 0.15) is 12.7 Å². The fraction of sp³-hybridized carbons (Fsp3) is 0.263. The summed E-state index contributed by atoms with van der Waals surface area (Å²) in [6.07, 6.45) is -6.11. The van der Waals surface area contributed by atoms with Crippen molar-refractivity contribution < 1.29 is 37.7 Å². The van der Waals surface area contributed by atoms with Crippen molar-refractivity contribution in [3.05, 3.63) is 71.8 Å². The molecule has 0 spiro atoms. The summed E-state index contributed by atoms with van der Waals surface area (Å²) in [5.74, 6) is -5.61. The van der Waals surface area contributed by atoms with Crippen molar-refractivity contribution in [3.8, 4) is 0 Å². The Kier molecular flexibility index (Phi) is 5.48. The maximum atomic E-state index is 14.2. The zero-order chi connectivity index (χ0) is 19.4. The zero-order valence-electron chi connectivity index (χ0n) is 14.0. The van der Waals surface area contributed by atoms with Crippen molar-refractivity contribution in [2.24, 2.45) is 0 Å². The van der Waals surface area contributed by atoms with E-state index in [0.29, 0.717) is 0 Å². The first kappa shape index (κ1) is 18.9. The summed E-state index contributed by atoms with van der Waals surface area (Å²) in [7, 11) is 0. The minimum atomic E-state index is -3.85. The molecule has 0 radical (unpaired) electrons. The minimum absolute atomic E-state index is 0.0646. The Morgan fingerprint density at radius 2 is 1.48 bits per heavy atom. The van der Waals surface area contributed by atoms with E-state index in [1.165, 1.54) is 24.3 Å². The molecule has 0 bridgehead atoms. The summed E-state index contributed by atoms with van der Waals surface area (Å²) >= 11 is 0. The van der Waals surface area contributed by atoms with Crippen molar-refractivity contribution in [3.63, 3.8) is 0 Å². The van der Waals surface area contributed by atoms with Crippen molar-refractivity contribution >= 4 is 11.9 Å². The first-order valence-corrected chi connectivity index (χ1v) is 8.09. The maximum absolute atomic E-state index is 14.2. The Labute approximate surface area is 153 Å². The van der Waals surface area contributed by atoms with E-state index in [9.17, 15) is 23.5 Å². The van der Waals surface area contributed by atoms with Crippen LogP contribution in [0.15, 0.2) is 60.7 Å². The quantitative estimate of drug-likeness (QED) is 0.805. The Hall–Kier alpha value is -2.84. The van der Waals surface area contributed by atoms with Crippen molar-refractivity contribution in [2.75, 3.05) is 6.61 Å². The van der Waals surface area contributed by atoms with Crippen molar-refractivity contribution in [2.45, 2.75) is 24.4 Å². The van der Waals surface area contributed by atoms with Gasteiger partial charge in [-0.2, -0.15) is 8.78 Å². The first-order valence-electron chi connectivity index (χ1n) is 8.09. The molecular formula is C19H16F2O6. The second-order valence-corrected chi connectivity index (χ2v) is 5.86. The molecule has 3 rings (SSSR count). The van der Waals surface area contributed by atoms with Gasteiger partial charge in [-0.05, 0) is 24.3 Å². The van der Waals surface area contributed by atoms with Crippen LogP contribution in [0.2, 0.25) is 0 Å². The predicted molar refractivity (Wildman–Crippen MR) is 88.2 cm³/mol. The summed E-state index contributed by atoms with van der Waals surface area (Å²) in [6.45, 7) is -0.618. The van der Waals surface area contributed by atoms with Crippen LogP contribution in [0.4, 0.5) is 8.78 Å². The standard InChI is InChI=1S/C19H16F2O6/c20-19(21)15(27-17(23)13-9-5-2-6-10-13)14(26-18(19)24)11-25-16(22)12-7-3-1-4-8-12/h1-10,14-15,18,24H,11H2/t14-,15-,18?/m0/s1. The van der Waals surface area contributed by atoms with E-state index in [4.69, 9.17) is 14.2 Å². The summed E-state index contributed by atoms with van der Waals surface area (Å²) in [5, 5.41) is 9.46. The van der Waals surface area contributed by atoms with Crippen LogP contribution < -0.4 is 0 Å². The lowest BCUT2D eigenvalue weighted by Crippen LogP contribution is -2.44. The molecule has 0 aliphatic carbocycles. The Bertz CT molecular complexity index is 796. The number of aliphatic hydroxyl groups excluding tert-OH is 1. The van der Waals surface area contributed by atoms with Crippen LogP contribution in [0, 0.1) is 0 Å². The van der Waals surface area contributed by atoms with Gasteiger partial charge < -0.3 is 19.3 Å². The Balaban J connectivity index is 1.69. The third-order valence-electron chi connectivity index (χ3n) is 3.98. The number of rotatable bonds is 5. The lowest BCUT2D eigenvalue weighted by atomic mass is 10.1. The van der Waals surface area contributed by atoms with E-state index in [2.05, 4.69) is 0 Å². The smallest absolute Gasteiger partial charge is 0.338 e. The molecule has 1 saturated heterocycles. The molecule has 0 amide bonds. The van der Waals surface area contributed by atoms with Gasteiger partial charge in [-0.3, -0.25) is 0 Å². The lowest BCUT2D eigenvalue weighted by Gasteiger charge is -2.22. The van der Waals surface area contributed by atoms with Gasteiger partial charge in [-0.15, -0.1) is 0 Å². The van der Waals surface area contributed by atoms with Crippen molar-refractivity contribution in [1.82, 2.24) is 0 Å². The molecule has 0 saturated carbocycles. The molecule has 1 aliphatic rings. The number of esters is 2. The largest absolute Gasteiger partial charge is 0.459 e. The summed E-state index contributed by atoms with van der Waals surface area (Å²) in [5.41, 5.74) is 0.287. The number of halogens is 2. The number of alkyl halides is 2. The zero-order valence-corrected chi connectivity index (χ0v) is 14.0. The van der Waals surface area contributed by atoms with E-state index in [1.54, 1.807) is 36.4 Å². The number of carbonyl (C=O) groups excluding carboxylic acids is 2. The van der Waals surface area contributed by atoms with Gasteiger partial charge >= 0.3 is 17.9 Å². The second-order valence-electron chi connectivity index (χ2n) is 5.86. The van der Waals surface area contributed by atoms with E-state index >= 15 is 0 Å². The molecule has 1 fully saturated rings. The number of aliphatic hydroxyl groups is 1. The first-order chi connectivity index (χ1) is 12.9. The number of ether oxygens (including phenoxy) is 3. The van der Waals surface area contributed by atoms with Crippen LogP contribution in [-0.4, -0.2) is 48.1 Å². The SMILES string of the molecule is O=C(OC[C@@H]1OC(O)C(F)(F)[C@H]1OC(=O)c1ccccc1)c1ccccc1. The van der Waals surface area contributed by atoms with Crippen molar-refractivity contribution in [1.29, 1.82) is 0 Å². The number of carbonyl (C=O) groups is 2. The highest BCUT2D eigenvalue weighted by molar-refractivity contribution is 5.90. The lowest BCUT2D eigenvalue weighted by molar-refractivity contribution is -0.199. The third kappa shape index (κ3) is 4.12. The molecule has 8 heteroatoms. The molecule has 142 valence electrons. The van der Waals surface area contributed by atoms with Crippen LogP contribution in [0.25, 0.3) is 0 Å². The predicted octanol–water partition coefficient (Wildman–Crippen LogP) is 2.42. The summed E-state index contributed by atoms with van der Waals surface area (Å²) in [6, 6.07) is 15.5. The van der Waals surface area contributed by atoms with Gasteiger partial charge in [-0.25, -0.2) is 9.59 Å². The molecular weight excluding hydrogens is 362 g/mol. The average molecular weight is 378 g/mol. The van der Waals surface area contributed by atoms with E-state index < -0.39 is 43.0 Å². The molecule has 3 atom stereocenters. The highest BCUT2D eigenvalue weighted by Crippen LogP contribution is 2.37. The summed E-state index contributed by atoms with van der Waals surface area (Å²) < 4.78 is 43.0. The van der Waals surface area contributed by atoms with E-state index in [0.717, 1.165) is 0 Å². The normalized spacial score (nSPS) is 23.6. The minimum Gasteiger partial charge on any atom is -0.459 e. The molecule has 1 heterocycles. The fourth-order valence-corrected chi connectivity index (χ4v) is 2.57. The van der Waals surface area contributed by atoms with Gasteiger partial charge in [0.05, 0.1) is 11.1 Å². The van der Waals surface area contributed by atoms with Crippen LogP contribution in [-0.2, 0) is 14.2 Å². The van der Waals surface area contributed by atoms with Gasteiger partial charge in [-0.1, -0.05) is 36.4 Å². The molecule has 27 heavy (non-hydrogen) atoms. The van der Waals surface area contributed by atoms with Crippen LogP contribution in [0.5, 0.6) is 0 Å². The van der Waals surface area contributed by atoms with Gasteiger partial charge in [0, 0.05) is 0 Å². The number of hydrogen-bond acceptors (Lipinski definition) is 6. The molecule has 2 aromatic rings. The number of hydrogen-bond donors (Lipinski definition) is 1. The van der Waals surface area contributed by atoms with Gasteiger partial charge in [0.25, 0.3) is 0 Å². The Morgan fingerprint density at radius 3 is 2.04 bits per heavy atom. The number of benzene rings is 2. The molecule has 1 unspecified atom stereocenters. The highest BCUT2D eigenvalue weighted by Gasteiger charge is 2.61. The summed E-state index contributed by atoms with van der Waals surface area (Å²) in [4.78, 5) is 24.1. The van der Waals surface area contributed by atoms with Crippen LogP contribution in [0.3, 0.4) is 0 Å². The fourth-order valence-electron chi connectivity index (χ4n) is 2.57. The van der Waals surface area contributed by atoms with Crippen LogP contribution >= 0.6 is 0 Å². The topological polar surface area (TPSA) is 82.1 Å². The molecule has 1 N–H and O–H groups in total. The third-order valence-corrected chi connectivity index (χ3v) is 3.98. The van der Waals surface area contributed by atoms with Gasteiger partial charge in [0.15, 0.2) is 6.10 Å². The maximum Gasteiger partial charge on any atom is 0.338 e. The van der Waals surface area contributed by atoms with E-state index in [-0.39, 0.29) is 11.1 Å². The monoisotopic (exact) mass is 378 g/mol. The Morgan fingerprint density at radius 1 is 0.963 bits per heavy atom. The molecule has 0 aromatic heterocycles. The van der Waals surface area contributed by atoms with Gasteiger partial charge in [0.2, 0.25) is 6.29 Å². The average Bonchev–Trinajstić information content (AvgIpc) is 2.90. The second kappa shape index (κ2) is 7.81. The van der Waals surface area contributed by atoms with E-state index in [1.807, 2.05) is 0 Å². The van der Waals surface area contributed by atoms with Crippen LogP contribution in [0.1, 0.15) is 20.7 Å². The molecule has 2 aromatic carbocycles. The highest BCUT2D eigenvalue weighted by atomic mass is 19.3.